The summed E-state index contributed by atoms with van der Waals surface area (Å²) in [5, 5.41) is 11.9. The molecule has 0 amide bonds. The van der Waals surface area contributed by atoms with Crippen LogP contribution in [-0.4, -0.2) is 17.8 Å². The van der Waals surface area contributed by atoms with Gasteiger partial charge in [-0.25, -0.2) is 0 Å². The number of hydrogen-bond acceptors (Lipinski definition) is 3. The second kappa shape index (κ2) is 4.09. The number of aliphatic hydroxyl groups is 1. The van der Waals surface area contributed by atoms with E-state index in [1.165, 1.54) is 11.3 Å². The van der Waals surface area contributed by atoms with Crippen LogP contribution in [0.15, 0.2) is 15.9 Å². The van der Waals surface area contributed by atoms with E-state index in [0.717, 1.165) is 9.35 Å². The van der Waals surface area contributed by atoms with Gasteiger partial charge in [0.25, 0.3) is 0 Å². The van der Waals surface area contributed by atoms with Gasteiger partial charge in [-0.15, -0.1) is 11.3 Å². The number of thiophene rings is 1. The van der Waals surface area contributed by atoms with E-state index in [1.807, 2.05) is 25.3 Å². The molecule has 1 rings (SSSR count). The maximum atomic E-state index is 9.97. The Bertz CT molecular complexity index is 283. The largest absolute Gasteiger partial charge is 0.385 e. The van der Waals surface area contributed by atoms with Crippen molar-refractivity contribution in [3.8, 4) is 0 Å². The van der Waals surface area contributed by atoms with Crippen LogP contribution in [0.4, 0.5) is 0 Å². The molecule has 0 aliphatic heterocycles. The SMILES string of the molecule is COC(C)(C)C(O)c1sccc1Br. The quantitative estimate of drug-likeness (QED) is 0.910. The third-order valence-corrected chi connectivity index (χ3v) is 4.00. The lowest BCUT2D eigenvalue weighted by Gasteiger charge is -2.28. The molecule has 1 atom stereocenters. The highest BCUT2D eigenvalue weighted by Gasteiger charge is 2.30. The Hall–Kier alpha value is 0.100. The lowest BCUT2D eigenvalue weighted by atomic mass is 10.0. The Labute approximate surface area is 90.7 Å². The number of methoxy groups -OCH3 is 1. The van der Waals surface area contributed by atoms with Gasteiger partial charge in [-0.1, -0.05) is 0 Å². The minimum absolute atomic E-state index is 0.548. The number of rotatable bonds is 3. The predicted octanol–water partition coefficient (Wildman–Crippen LogP) is 2.97. The molecule has 1 N–H and O–H groups in total. The first kappa shape index (κ1) is 11.2. The Morgan fingerprint density at radius 3 is 2.62 bits per heavy atom. The first-order valence-electron chi connectivity index (χ1n) is 3.95. The molecule has 0 aromatic carbocycles. The van der Waals surface area contributed by atoms with Crippen LogP contribution in [0, 0.1) is 0 Å². The Balaban J connectivity index is 2.91. The van der Waals surface area contributed by atoms with Gasteiger partial charge in [0.1, 0.15) is 6.10 Å². The molecule has 0 saturated carbocycles. The molecule has 0 radical (unpaired) electrons. The van der Waals surface area contributed by atoms with Crippen LogP contribution in [0.5, 0.6) is 0 Å². The van der Waals surface area contributed by atoms with Gasteiger partial charge in [0, 0.05) is 11.6 Å². The van der Waals surface area contributed by atoms with Crippen molar-refractivity contribution in [2.45, 2.75) is 25.6 Å². The topological polar surface area (TPSA) is 29.5 Å². The van der Waals surface area contributed by atoms with Crippen LogP contribution in [0.1, 0.15) is 24.8 Å². The summed E-state index contributed by atoms with van der Waals surface area (Å²) in [5.41, 5.74) is -0.548. The molecule has 0 aliphatic rings. The van der Waals surface area contributed by atoms with Gasteiger partial charge in [0.15, 0.2) is 0 Å². The van der Waals surface area contributed by atoms with Crippen LogP contribution in [0.3, 0.4) is 0 Å². The maximum absolute atomic E-state index is 9.97. The summed E-state index contributed by atoms with van der Waals surface area (Å²) >= 11 is 4.91. The van der Waals surface area contributed by atoms with E-state index in [4.69, 9.17) is 4.74 Å². The van der Waals surface area contributed by atoms with E-state index in [0.29, 0.717) is 0 Å². The zero-order valence-electron chi connectivity index (χ0n) is 7.87. The minimum atomic E-state index is -0.591. The van der Waals surface area contributed by atoms with Crippen molar-refractivity contribution in [2.24, 2.45) is 0 Å². The lowest BCUT2D eigenvalue weighted by Crippen LogP contribution is -2.31. The van der Waals surface area contributed by atoms with Crippen molar-refractivity contribution in [2.75, 3.05) is 7.11 Å². The molecule has 2 nitrogen and oxygen atoms in total. The maximum Gasteiger partial charge on any atom is 0.118 e. The normalized spacial score (nSPS) is 14.5. The molecular formula is C9H13BrO2S. The zero-order chi connectivity index (χ0) is 10.1. The second-order valence-electron chi connectivity index (χ2n) is 3.34. The summed E-state index contributed by atoms with van der Waals surface area (Å²) in [6.45, 7) is 3.73. The molecule has 0 spiro atoms. The van der Waals surface area contributed by atoms with E-state index in [1.54, 1.807) is 7.11 Å². The van der Waals surface area contributed by atoms with Crippen molar-refractivity contribution in [1.82, 2.24) is 0 Å². The van der Waals surface area contributed by atoms with Crippen LogP contribution in [0.25, 0.3) is 0 Å². The van der Waals surface area contributed by atoms with Crippen molar-refractivity contribution < 1.29 is 9.84 Å². The van der Waals surface area contributed by atoms with Crippen molar-refractivity contribution in [1.29, 1.82) is 0 Å². The molecule has 0 bridgehead atoms. The molecule has 1 unspecified atom stereocenters. The molecular weight excluding hydrogens is 252 g/mol. The highest BCUT2D eigenvalue weighted by Crippen LogP contribution is 2.36. The van der Waals surface area contributed by atoms with Crippen molar-refractivity contribution >= 4 is 27.3 Å². The van der Waals surface area contributed by atoms with Gasteiger partial charge in [0.2, 0.25) is 0 Å². The van der Waals surface area contributed by atoms with Crippen LogP contribution < -0.4 is 0 Å². The van der Waals surface area contributed by atoms with E-state index >= 15 is 0 Å². The fourth-order valence-electron chi connectivity index (χ4n) is 0.928. The van der Waals surface area contributed by atoms with Gasteiger partial charge in [-0.05, 0) is 41.2 Å². The molecule has 0 fully saturated rings. The van der Waals surface area contributed by atoms with Gasteiger partial charge in [-0.3, -0.25) is 0 Å². The third kappa shape index (κ3) is 2.31. The number of hydrogen-bond donors (Lipinski definition) is 1. The number of ether oxygens (including phenoxy) is 1. The standard InChI is InChI=1S/C9H13BrO2S/c1-9(2,12-3)8(11)7-6(10)4-5-13-7/h4-5,8,11H,1-3H3. The van der Waals surface area contributed by atoms with Gasteiger partial charge < -0.3 is 9.84 Å². The third-order valence-electron chi connectivity index (χ3n) is 2.08. The molecule has 0 saturated heterocycles. The average molecular weight is 265 g/mol. The highest BCUT2D eigenvalue weighted by molar-refractivity contribution is 9.10. The summed E-state index contributed by atoms with van der Waals surface area (Å²) in [6, 6.07) is 1.93. The summed E-state index contributed by atoms with van der Waals surface area (Å²) in [4.78, 5) is 0.909. The van der Waals surface area contributed by atoms with Crippen LogP contribution in [0.2, 0.25) is 0 Å². The van der Waals surface area contributed by atoms with E-state index in [-0.39, 0.29) is 0 Å². The first-order valence-corrected chi connectivity index (χ1v) is 5.62. The zero-order valence-corrected chi connectivity index (χ0v) is 10.3. The molecule has 0 aliphatic carbocycles. The Kier molecular flexibility index (Phi) is 3.51. The Morgan fingerprint density at radius 1 is 1.62 bits per heavy atom. The molecule has 4 heteroatoms. The summed E-state index contributed by atoms with van der Waals surface area (Å²) in [7, 11) is 1.60. The second-order valence-corrected chi connectivity index (χ2v) is 5.14. The van der Waals surface area contributed by atoms with Crippen LogP contribution in [-0.2, 0) is 4.74 Å². The lowest BCUT2D eigenvalue weighted by molar-refractivity contribution is -0.0780. The summed E-state index contributed by atoms with van der Waals surface area (Å²) in [5.74, 6) is 0. The molecule has 13 heavy (non-hydrogen) atoms. The first-order chi connectivity index (χ1) is 5.99. The fraction of sp³-hybridized carbons (Fsp3) is 0.556. The van der Waals surface area contributed by atoms with Crippen molar-refractivity contribution in [3.63, 3.8) is 0 Å². The number of halogens is 1. The van der Waals surface area contributed by atoms with Crippen molar-refractivity contribution in [3.05, 3.63) is 20.8 Å². The van der Waals surface area contributed by atoms with E-state index in [9.17, 15) is 5.11 Å². The monoisotopic (exact) mass is 264 g/mol. The molecule has 1 aromatic rings. The Morgan fingerprint density at radius 2 is 2.23 bits per heavy atom. The van der Waals surface area contributed by atoms with Gasteiger partial charge in [0.05, 0.1) is 10.5 Å². The van der Waals surface area contributed by atoms with Gasteiger partial charge >= 0.3 is 0 Å². The van der Waals surface area contributed by atoms with Crippen LogP contribution >= 0.6 is 27.3 Å². The van der Waals surface area contributed by atoms with Gasteiger partial charge in [-0.2, -0.15) is 0 Å². The fourth-order valence-corrected chi connectivity index (χ4v) is 2.68. The average Bonchev–Trinajstić information content (AvgIpc) is 2.50. The van der Waals surface area contributed by atoms with E-state index < -0.39 is 11.7 Å². The summed E-state index contributed by atoms with van der Waals surface area (Å²) < 4.78 is 6.15. The van der Waals surface area contributed by atoms with E-state index in [2.05, 4.69) is 15.9 Å². The predicted molar refractivity (Wildman–Crippen MR) is 58.1 cm³/mol. The molecule has 1 heterocycles. The summed E-state index contributed by atoms with van der Waals surface area (Å²) in [6.07, 6.45) is -0.591. The molecule has 74 valence electrons. The molecule has 1 aromatic heterocycles. The minimum Gasteiger partial charge on any atom is -0.385 e. The smallest absolute Gasteiger partial charge is 0.118 e. The number of aliphatic hydroxyl groups excluding tert-OH is 1. The highest BCUT2D eigenvalue weighted by atomic mass is 79.9.